The molecular formula is C19H19N3O3S. The summed E-state index contributed by atoms with van der Waals surface area (Å²) in [5.41, 5.74) is 5.71. The number of hydrazine groups is 1. The van der Waals surface area contributed by atoms with Crippen LogP contribution in [0.2, 0.25) is 0 Å². The summed E-state index contributed by atoms with van der Waals surface area (Å²) < 4.78 is 26.3. The zero-order valence-corrected chi connectivity index (χ0v) is 15.2. The molecule has 0 aliphatic carbocycles. The van der Waals surface area contributed by atoms with E-state index in [0.717, 1.165) is 17.1 Å². The lowest BCUT2D eigenvalue weighted by molar-refractivity contribution is 0.0945. The van der Waals surface area contributed by atoms with E-state index in [-0.39, 0.29) is 4.90 Å². The predicted octanol–water partition coefficient (Wildman–Crippen LogP) is 2.72. The molecule has 0 spiro atoms. The third-order valence-corrected chi connectivity index (χ3v) is 5.27. The van der Waals surface area contributed by atoms with Gasteiger partial charge in [-0.05, 0) is 62.4 Å². The van der Waals surface area contributed by atoms with Gasteiger partial charge in [-0.2, -0.15) is 0 Å². The molecule has 0 atom stereocenters. The van der Waals surface area contributed by atoms with Gasteiger partial charge >= 0.3 is 0 Å². The van der Waals surface area contributed by atoms with E-state index in [9.17, 15) is 13.2 Å². The third kappa shape index (κ3) is 3.68. The van der Waals surface area contributed by atoms with E-state index in [1.54, 1.807) is 30.3 Å². The number of sulfonamides is 1. The first-order valence-corrected chi connectivity index (χ1v) is 9.49. The molecule has 0 bridgehead atoms. The molecule has 0 radical (unpaired) electrons. The zero-order valence-electron chi connectivity index (χ0n) is 14.4. The molecule has 3 aromatic rings. The van der Waals surface area contributed by atoms with Crippen molar-refractivity contribution in [3.05, 3.63) is 83.7 Å². The van der Waals surface area contributed by atoms with E-state index in [1.165, 1.54) is 12.1 Å². The first-order valence-electron chi connectivity index (χ1n) is 8.01. The summed E-state index contributed by atoms with van der Waals surface area (Å²) in [4.78, 5) is 14.4. The minimum atomic E-state index is -3.80. The van der Waals surface area contributed by atoms with E-state index < -0.39 is 15.9 Å². The van der Waals surface area contributed by atoms with Crippen molar-refractivity contribution in [1.82, 2.24) is 14.8 Å². The number of carbonyl (C=O) groups excluding carboxylic acids is 1. The highest BCUT2D eigenvalue weighted by molar-refractivity contribution is 7.89. The van der Waals surface area contributed by atoms with Crippen molar-refractivity contribution in [2.45, 2.75) is 18.7 Å². The summed E-state index contributed by atoms with van der Waals surface area (Å²) in [6, 6.07) is 18.8. The lowest BCUT2D eigenvalue weighted by Gasteiger charge is -2.11. The van der Waals surface area contributed by atoms with Gasteiger partial charge in [0.05, 0.1) is 4.90 Å². The number of benzene rings is 2. The monoisotopic (exact) mass is 369 g/mol. The number of rotatable bonds is 5. The maximum Gasteiger partial charge on any atom is 0.266 e. The molecule has 0 aliphatic heterocycles. The predicted molar refractivity (Wildman–Crippen MR) is 99.5 cm³/mol. The second kappa shape index (κ2) is 7.15. The molecule has 3 rings (SSSR count). The molecule has 0 aliphatic rings. The van der Waals surface area contributed by atoms with Crippen LogP contribution >= 0.6 is 0 Å². The van der Waals surface area contributed by atoms with Crippen LogP contribution in [-0.2, 0) is 10.0 Å². The Morgan fingerprint density at radius 3 is 2.00 bits per heavy atom. The number of hydrogen-bond acceptors (Lipinski definition) is 3. The fourth-order valence-corrected chi connectivity index (χ4v) is 3.54. The molecule has 26 heavy (non-hydrogen) atoms. The third-order valence-electron chi connectivity index (χ3n) is 4.01. The van der Waals surface area contributed by atoms with Gasteiger partial charge in [-0.15, -0.1) is 4.83 Å². The van der Waals surface area contributed by atoms with Gasteiger partial charge in [0, 0.05) is 22.6 Å². The number of aromatic nitrogens is 1. The topological polar surface area (TPSA) is 80.2 Å². The quantitative estimate of drug-likeness (QED) is 0.679. The largest absolute Gasteiger partial charge is 0.319 e. The average molecular weight is 369 g/mol. The van der Waals surface area contributed by atoms with E-state index in [4.69, 9.17) is 0 Å². The molecular weight excluding hydrogens is 350 g/mol. The van der Waals surface area contributed by atoms with Crippen LogP contribution in [-0.4, -0.2) is 18.9 Å². The SMILES string of the molecule is Cc1ccc(C)n1-c1ccc(C(=O)NNS(=O)(=O)c2ccccc2)cc1. The highest BCUT2D eigenvalue weighted by Crippen LogP contribution is 2.17. The van der Waals surface area contributed by atoms with Crippen LogP contribution in [0.25, 0.3) is 5.69 Å². The summed E-state index contributed by atoms with van der Waals surface area (Å²) >= 11 is 0. The molecule has 134 valence electrons. The van der Waals surface area contributed by atoms with Crippen LogP contribution in [0.3, 0.4) is 0 Å². The molecule has 2 N–H and O–H groups in total. The Kier molecular flexibility index (Phi) is 4.92. The first kappa shape index (κ1) is 17.9. The molecule has 1 heterocycles. The Balaban J connectivity index is 1.71. The van der Waals surface area contributed by atoms with E-state index in [0.29, 0.717) is 5.56 Å². The average Bonchev–Trinajstić information content (AvgIpc) is 2.99. The van der Waals surface area contributed by atoms with Crippen LogP contribution in [0.4, 0.5) is 0 Å². The molecule has 0 unspecified atom stereocenters. The van der Waals surface area contributed by atoms with Crippen LogP contribution in [0.15, 0.2) is 71.6 Å². The fourth-order valence-electron chi connectivity index (χ4n) is 2.68. The molecule has 7 heteroatoms. The van der Waals surface area contributed by atoms with Gasteiger partial charge < -0.3 is 4.57 Å². The Morgan fingerprint density at radius 2 is 1.42 bits per heavy atom. The van der Waals surface area contributed by atoms with Crippen molar-refractivity contribution in [1.29, 1.82) is 0 Å². The zero-order chi connectivity index (χ0) is 18.7. The number of nitrogens with zero attached hydrogens (tertiary/aromatic N) is 1. The van der Waals surface area contributed by atoms with Crippen LogP contribution in [0, 0.1) is 13.8 Å². The number of aryl methyl sites for hydroxylation is 2. The molecule has 2 aromatic carbocycles. The van der Waals surface area contributed by atoms with Gasteiger partial charge in [0.2, 0.25) is 0 Å². The Bertz CT molecular complexity index is 1000. The summed E-state index contributed by atoms with van der Waals surface area (Å²) in [6.07, 6.45) is 0. The van der Waals surface area contributed by atoms with Crippen molar-refractivity contribution in [2.24, 2.45) is 0 Å². The maximum atomic E-state index is 12.2. The lowest BCUT2D eigenvalue weighted by Crippen LogP contribution is -2.41. The Morgan fingerprint density at radius 1 is 0.846 bits per heavy atom. The van der Waals surface area contributed by atoms with Crippen molar-refractivity contribution in [3.8, 4) is 5.69 Å². The van der Waals surface area contributed by atoms with Gasteiger partial charge in [-0.1, -0.05) is 18.2 Å². The van der Waals surface area contributed by atoms with Gasteiger partial charge in [0.15, 0.2) is 0 Å². The highest BCUT2D eigenvalue weighted by Gasteiger charge is 2.15. The van der Waals surface area contributed by atoms with Crippen LogP contribution in [0.5, 0.6) is 0 Å². The molecule has 6 nitrogen and oxygen atoms in total. The van der Waals surface area contributed by atoms with Gasteiger partial charge in [-0.25, -0.2) is 8.42 Å². The van der Waals surface area contributed by atoms with Gasteiger partial charge in [0.25, 0.3) is 15.9 Å². The second-order valence-corrected chi connectivity index (χ2v) is 7.55. The lowest BCUT2D eigenvalue weighted by atomic mass is 10.2. The number of amides is 1. The van der Waals surface area contributed by atoms with Crippen molar-refractivity contribution < 1.29 is 13.2 Å². The second-order valence-electron chi connectivity index (χ2n) is 5.87. The summed E-state index contributed by atoms with van der Waals surface area (Å²) in [6.45, 7) is 4.01. The Hall–Kier alpha value is -2.90. The summed E-state index contributed by atoms with van der Waals surface area (Å²) in [5, 5.41) is 0. The fraction of sp³-hybridized carbons (Fsp3) is 0.105. The van der Waals surface area contributed by atoms with Crippen molar-refractivity contribution in [3.63, 3.8) is 0 Å². The smallest absolute Gasteiger partial charge is 0.266 e. The normalized spacial score (nSPS) is 11.3. The molecule has 1 aromatic heterocycles. The van der Waals surface area contributed by atoms with Crippen LogP contribution in [0.1, 0.15) is 21.7 Å². The minimum Gasteiger partial charge on any atom is -0.319 e. The molecule has 0 fully saturated rings. The van der Waals surface area contributed by atoms with Crippen molar-refractivity contribution in [2.75, 3.05) is 0 Å². The Labute approximate surface area is 152 Å². The first-order chi connectivity index (χ1) is 12.4. The van der Waals surface area contributed by atoms with Crippen molar-refractivity contribution >= 4 is 15.9 Å². The highest BCUT2D eigenvalue weighted by atomic mass is 32.2. The number of carbonyl (C=O) groups is 1. The molecule has 1 amide bonds. The summed E-state index contributed by atoms with van der Waals surface area (Å²) in [7, 11) is -3.80. The maximum absolute atomic E-state index is 12.2. The van der Waals surface area contributed by atoms with Crippen LogP contribution < -0.4 is 10.3 Å². The molecule has 0 saturated carbocycles. The molecule has 0 saturated heterocycles. The van der Waals surface area contributed by atoms with E-state index in [1.807, 2.05) is 38.1 Å². The van der Waals surface area contributed by atoms with E-state index in [2.05, 4.69) is 14.8 Å². The standard InChI is InChI=1S/C19H19N3O3S/c1-14-8-9-15(2)22(14)17-12-10-16(11-13-17)19(23)20-21-26(24,25)18-6-4-3-5-7-18/h3-13,21H,1-2H3,(H,20,23). The van der Waals surface area contributed by atoms with Gasteiger partial charge in [-0.3, -0.25) is 10.2 Å². The van der Waals surface area contributed by atoms with Gasteiger partial charge in [0.1, 0.15) is 0 Å². The minimum absolute atomic E-state index is 0.0780. The number of nitrogens with one attached hydrogen (secondary N) is 2. The van der Waals surface area contributed by atoms with E-state index >= 15 is 0 Å². The summed E-state index contributed by atoms with van der Waals surface area (Å²) in [5.74, 6) is -0.531. The number of hydrogen-bond donors (Lipinski definition) is 2.